The number of esters is 1. The van der Waals surface area contributed by atoms with E-state index >= 15 is 0 Å². The molecule has 1 saturated heterocycles. The van der Waals surface area contributed by atoms with Crippen LogP contribution in [0.4, 0.5) is 0 Å². The van der Waals surface area contributed by atoms with Crippen molar-refractivity contribution < 1.29 is 22.7 Å². The highest BCUT2D eigenvalue weighted by Gasteiger charge is 2.33. The number of rotatable bonds is 4. The van der Waals surface area contributed by atoms with Crippen LogP contribution in [-0.2, 0) is 19.4 Å². The molecule has 0 unspecified atom stereocenters. The molecule has 0 radical (unpaired) electrons. The SMILES string of the molecule is CN(C(=O)COC(=O)c1cccc2ccccc12)[C@H]1CCS(=O)(=O)C1. The van der Waals surface area contributed by atoms with Gasteiger partial charge in [-0.25, -0.2) is 13.2 Å². The van der Waals surface area contributed by atoms with Crippen LogP contribution < -0.4 is 0 Å². The largest absolute Gasteiger partial charge is 0.452 e. The second-order valence-electron chi connectivity index (χ2n) is 6.16. The molecule has 1 fully saturated rings. The van der Waals surface area contributed by atoms with Crippen molar-refractivity contribution in [1.82, 2.24) is 4.90 Å². The molecule has 1 heterocycles. The van der Waals surface area contributed by atoms with Crippen molar-refractivity contribution in [3.8, 4) is 0 Å². The lowest BCUT2D eigenvalue weighted by molar-refractivity contribution is -0.134. The number of ether oxygens (including phenoxy) is 1. The second kappa shape index (κ2) is 6.84. The molecule has 2 aromatic rings. The van der Waals surface area contributed by atoms with Crippen LogP contribution in [0.1, 0.15) is 16.8 Å². The van der Waals surface area contributed by atoms with Gasteiger partial charge in [0.1, 0.15) is 0 Å². The smallest absolute Gasteiger partial charge is 0.339 e. The number of hydrogen-bond acceptors (Lipinski definition) is 5. The van der Waals surface area contributed by atoms with Gasteiger partial charge >= 0.3 is 5.97 Å². The van der Waals surface area contributed by atoms with E-state index in [1.54, 1.807) is 19.2 Å². The molecule has 2 aromatic carbocycles. The Balaban J connectivity index is 1.65. The van der Waals surface area contributed by atoms with Crippen molar-refractivity contribution in [1.29, 1.82) is 0 Å². The predicted molar refractivity (Wildman–Crippen MR) is 94.1 cm³/mol. The Morgan fingerprint density at radius 3 is 2.60 bits per heavy atom. The Kier molecular flexibility index (Phi) is 4.76. The minimum absolute atomic E-state index is 0.0352. The molecule has 0 aliphatic carbocycles. The van der Waals surface area contributed by atoms with Gasteiger partial charge in [-0.05, 0) is 23.3 Å². The number of sulfone groups is 1. The van der Waals surface area contributed by atoms with E-state index in [1.165, 1.54) is 4.90 Å². The highest BCUT2D eigenvalue weighted by molar-refractivity contribution is 7.91. The summed E-state index contributed by atoms with van der Waals surface area (Å²) in [7, 11) is -1.53. The molecule has 0 aromatic heterocycles. The van der Waals surface area contributed by atoms with E-state index in [0.29, 0.717) is 12.0 Å². The van der Waals surface area contributed by atoms with Crippen LogP contribution in [0.15, 0.2) is 42.5 Å². The molecule has 6 nitrogen and oxygen atoms in total. The first kappa shape index (κ1) is 17.4. The molecule has 132 valence electrons. The fourth-order valence-corrected chi connectivity index (χ4v) is 4.77. The summed E-state index contributed by atoms with van der Waals surface area (Å²) in [5.74, 6) is -0.925. The zero-order valence-electron chi connectivity index (χ0n) is 13.8. The average Bonchev–Trinajstić information content (AvgIpc) is 2.98. The minimum Gasteiger partial charge on any atom is -0.452 e. The molecule has 1 aliphatic heterocycles. The first-order valence-corrected chi connectivity index (χ1v) is 9.80. The molecule has 0 N–H and O–H groups in total. The van der Waals surface area contributed by atoms with Crippen LogP contribution in [0, 0.1) is 0 Å². The van der Waals surface area contributed by atoms with Gasteiger partial charge in [0.15, 0.2) is 16.4 Å². The quantitative estimate of drug-likeness (QED) is 0.774. The Labute approximate surface area is 146 Å². The number of carbonyl (C=O) groups is 2. The summed E-state index contributed by atoms with van der Waals surface area (Å²) < 4.78 is 28.2. The summed E-state index contributed by atoms with van der Waals surface area (Å²) in [6.45, 7) is -0.408. The standard InChI is InChI=1S/C18H19NO5S/c1-19(14-9-10-25(22,23)12-14)17(20)11-24-18(21)16-8-4-6-13-5-2-3-7-15(13)16/h2-8,14H,9-12H2,1H3/t14-/m0/s1. The second-order valence-corrected chi connectivity index (χ2v) is 8.39. The van der Waals surface area contributed by atoms with Crippen molar-refractivity contribution in [2.45, 2.75) is 12.5 Å². The van der Waals surface area contributed by atoms with E-state index in [2.05, 4.69) is 0 Å². The maximum atomic E-state index is 12.3. The van der Waals surface area contributed by atoms with E-state index in [0.717, 1.165) is 10.8 Å². The number of fused-ring (bicyclic) bond motifs is 1. The van der Waals surface area contributed by atoms with Crippen LogP contribution in [0.25, 0.3) is 10.8 Å². The molecular formula is C18H19NO5S. The van der Waals surface area contributed by atoms with Crippen molar-refractivity contribution in [3.05, 3.63) is 48.0 Å². The first-order chi connectivity index (χ1) is 11.9. The summed E-state index contributed by atoms with van der Waals surface area (Å²) in [4.78, 5) is 25.9. The van der Waals surface area contributed by atoms with Crippen LogP contribution in [-0.4, -0.2) is 56.4 Å². The Bertz CT molecular complexity index is 917. The molecule has 1 aliphatic rings. The number of benzene rings is 2. The third kappa shape index (κ3) is 3.82. The van der Waals surface area contributed by atoms with E-state index < -0.39 is 28.3 Å². The van der Waals surface area contributed by atoms with Gasteiger partial charge in [-0.15, -0.1) is 0 Å². The van der Waals surface area contributed by atoms with Gasteiger partial charge in [-0.1, -0.05) is 36.4 Å². The predicted octanol–water partition coefficient (Wildman–Crippen LogP) is 1.64. The van der Waals surface area contributed by atoms with Gasteiger partial charge in [0, 0.05) is 13.1 Å². The topological polar surface area (TPSA) is 80.8 Å². The summed E-state index contributed by atoms with van der Waals surface area (Å²) in [5.41, 5.74) is 0.400. The number of likely N-dealkylation sites (N-methyl/N-ethyl adjacent to an activating group) is 1. The maximum Gasteiger partial charge on any atom is 0.339 e. The Hall–Kier alpha value is -2.41. The fourth-order valence-electron chi connectivity index (χ4n) is 2.99. The van der Waals surface area contributed by atoms with Crippen LogP contribution in [0.2, 0.25) is 0 Å². The third-order valence-corrected chi connectivity index (χ3v) is 6.24. The van der Waals surface area contributed by atoms with Gasteiger partial charge in [0.05, 0.1) is 17.1 Å². The van der Waals surface area contributed by atoms with E-state index in [9.17, 15) is 18.0 Å². The molecule has 1 atom stereocenters. The monoisotopic (exact) mass is 361 g/mol. The average molecular weight is 361 g/mol. The van der Waals surface area contributed by atoms with Crippen molar-refractivity contribution in [2.24, 2.45) is 0 Å². The summed E-state index contributed by atoms with van der Waals surface area (Å²) in [6.07, 6.45) is 0.418. The molecule has 7 heteroatoms. The number of carbonyl (C=O) groups excluding carboxylic acids is 2. The van der Waals surface area contributed by atoms with Gasteiger partial charge in [0.2, 0.25) is 0 Å². The molecule has 0 bridgehead atoms. The lowest BCUT2D eigenvalue weighted by Gasteiger charge is -2.23. The fraction of sp³-hybridized carbons (Fsp3) is 0.333. The zero-order chi connectivity index (χ0) is 18.0. The first-order valence-electron chi connectivity index (χ1n) is 7.98. The van der Waals surface area contributed by atoms with Crippen molar-refractivity contribution in [3.63, 3.8) is 0 Å². The minimum atomic E-state index is -3.07. The van der Waals surface area contributed by atoms with Crippen molar-refractivity contribution in [2.75, 3.05) is 25.2 Å². The molecule has 0 spiro atoms. The summed E-state index contributed by atoms with van der Waals surface area (Å²) in [6, 6.07) is 12.4. The number of amides is 1. The highest BCUT2D eigenvalue weighted by Crippen LogP contribution is 2.20. The Morgan fingerprint density at radius 1 is 1.16 bits per heavy atom. The van der Waals surface area contributed by atoms with Crippen molar-refractivity contribution >= 4 is 32.5 Å². The van der Waals surface area contributed by atoms with E-state index in [1.807, 2.05) is 30.3 Å². The van der Waals surface area contributed by atoms with E-state index in [-0.39, 0.29) is 17.5 Å². The lowest BCUT2D eigenvalue weighted by Crippen LogP contribution is -2.40. The Morgan fingerprint density at radius 2 is 1.88 bits per heavy atom. The normalized spacial score (nSPS) is 18.8. The molecule has 3 rings (SSSR count). The van der Waals surface area contributed by atoms with Gasteiger partial charge in [0.25, 0.3) is 5.91 Å². The zero-order valence-corrected chi connectivity index (χ0v) is 14.7. The molecular weight excluding hydrogens is 342 g/mol. The van der Waals surface area contributed by atoms with Crippen LogP contribution >= 0.6 is 0 Å². The highest BCUT2D eigenvalue weighted by atomic mass is 32.2. The third-order valence-electron chi connectivity index (χ3n) is 4.49. The van der Waals surface area contributed by atoms with Crippen LogP contribution in [0.5, 0.6) is 0 Å². The number of hydrogen-bond donors (Lipinski definition) is 0. The summed E-state index contributed by atoms with van der Waals surface area (Å²) in [5, 5.41) is 1.68. The van der Waals surface area contributed by atoms with Gasteiger partial charge < -0.3 is 9.64 Å². The maximum absolute atomic E-state index is 12.3. The van der Waals surface area contributed by atoms with Gasteiger partial charge in [-0.2, -0.15) is 0 Å². The molecule has 25 heavy (non-hydrogen) atoms. The van der Waals surface area contributed by atoms with E-state index in [4.69, 9.17) is 4.74 Å². The molecule has 1 amide bonds. The number of nitrogens with zero attached hydrogens (tertiary/aromatic N) is 1. The van der Waals surface area contributed by atoms with Gasteiger partial charge in [-0.3, -0.25) is 4.79 Å². The lowest BCUT2D eigenvalue weighted by atomic mass is 10.1. The molecule has 0 saturated carbocycles. The van der Waals surface area contributed by atoms with Crippen LogP contribution in [0.3, 0.4) is 0 Å². The summed E-state index contributed by atoms with van der Waals surface area (Å²) >= 11 is 0.